The highest BCUT2D eigenvalue weighted by Crippen LogP contribution is 1.94. The van der Waals surface area contributed by atoms with Gasteiger partial charge in [0, 0.05) is 26.4 Å². The number of urea groups is 1. The highest BCUT2D eigenvalue weighted by molar-refractivity contribution is 5.95. The lowest BCUT2D eigenvalue weighted by atomic mass is 10.2. The Bertz CT molecular complexity index is 356. The van der Waals surface area contributed by atoms with Crippen LogP contribution in [-0.2, 0) is 14.4 Å². The van der Waals surface area contributed by atoms with Crippen LogP contribution in [0.1, 0.15) is 26.2 Å². The van der Waals surface area contributed by atoms with Gasteiger partial charge in [0.1, 0.15) is 0 Å². The van der Waals surface area contributed by atoms with Gasteiger partial charge in [-0.3, -0.25) is 19.7 Å². The van der Waals surface area contributed by atoms with Crippen LogP contribution in [0.15, 0.2) is 0 Å². The molecule has 0 aliphatic rings. The van der Waals surface area contributed by atoms with Crippen LogP contribution in [0.4, 0.5) is 4.79 Å². The first-order valence-corrected chi connectivity index (χ1v) is 5.90. The minimum absolute atomic E-state index is 0.0530. The van der Waals surface area contributed by atoms with E-state index in [2.05, 4.69) is 5.32 Å². The number of imide groups is 1. The van der Waals surface area contributed by atoms with Gasteiger partial charge in [0.15, 0.2) is 0 Å². The Morgan fingerprint density at radius 2 is 1.79 bits per heavy atom. The van der Waals surface area contributed by atoms with Gasteiger partial charge in [-0.25, -0.2) is 4.79 Å². The zero-order valence-electron chi connectivity index (χ0n) is 11.1. The van der Waals surface area contributed by atoms with E-state index in [9.17, 15) is 19.2 Å². The molecule has 0 heterocycles. The first kappa shape index (κ1) is 16.9. The van der Waals surface area contributed by atoms with E-state index in [-0.39, 0.29) is 31.7 Å². The quantitative estimate of drug-likeness (QED) is 0.580. The molecule has 8 heteroatoms. The number of amides is 4. The van der Waals surface area contributed by atoms with Gasteiger partial charge in [0.05, 0.1) is 6.54 Å². The van der Waals surface area contributed by atoms with E-state index in [0.29, 0.717) is 6.54 Å². The molecule has 108 valence electrons. The molecule has 4 amide bonds. The number of carbonyl (C=O) groups is 4. The summed E-state index contributed by atoms with van der Waals surface area (Å²) in [5.41, 5.74) is 0. The van der Waals surface area contributed by atoms with Crippen LogP contribution in [0, 0.1) is 0 Å². The minimum atomic E-state index is -0.995. The molecular weight excluding hydrogens is 254 g/mol. The summed E-state index contributed by atoms with van der Waals surface area (Å²) in [5, 5.41) is 12.6. The van der Waals surface area contributed by atoms with Gasteiger partial charge in [-0.2, -0.15) is 0 Å². The number of nitrogens with zero attached hydrogens (tertiary/aromatic N) is 1. The van der Waals surface area contributed by atoms with Crippen LogP contribution in [0.3, 0.4) is 0 Å². The third-order valence-corrected chi connectivity index (χ3v) is 2.35. The molecule has 0 spiro atoms. The fraction of sp³-hybridized carbons (Fsp3) is 0.636. The average Bonchev–Trinajstić information content (AvgIpc) is 2.34. The topological polar surface area (TPSA) is 116 Å². The molecule has 0 rings (SSSR count). The second-order valence-corrected chi connectivity index (χ2v) is 3.89. The van der Waals surface area contributed by atoms with E-state index in [0.717, 1.165) is 0 Å². The Balaban J connectivity index is 3.82. The van der Waals surface area contributed by atoms with E-state index >= 15 is 0 Å². The summed E-state index contributed by atoms with van der Waals surface area (Å²) in [5.74, 6) is -1.84. The molecule has 3 N–H and O–H groups in total. The number of hydrogen-bond acceptors (Lipinski definition) is 4. The Kier molecular flexibility index (Phi) is 7.90. The predicted octanol–water partition coefficient (Wildman–Crippen LogP) is -0.455. The lowest BCUT2D eigenvalue weighted by Crippen LogP contribution is -2.44. The van der Waals surface area contributed by atoms with Crippen LogP contribution in [-0.4, -0.2) is 54.0 Å². The lowest BCUT2D eigenvalue weighted by molar-refractivity contribution is -0.137. The number of carboxylic acid groups (broad SMARTS) is 1. The molecule has 0 aromatic heterocycles. The molecule has 8 nitrogen and oxygen atoms in total. The van der Waals surface area contributed by atoms with E-state index in [4.69, 9.17) is 5.11 Å². The van der Waals surface area contributed by atoms with Crippen molar-refractivity contribution in [3.8, 4) is 0 Å². The summed E-state index contributed by atoms with van der Waals surface area (Å²) in [4.78, 5) is 45.4. The van der Waals surface area contributed by atoms with E-state index < -0.39 is 17.9 Å². The summed E-state index contributed by atoms with van der Waals surface area (Å²) in [7, 11) is 1.60. The van der Waals surface area contributed by atoms with Crippen molar-refractivity contribution < 1.29 is 24.3 Å². The third kappa shape index (κ3) is 8.58. The molecular formula is C11H19N3O5. The zero-order valence-corrected chi connectivity index (χ0v) is 11.1. The maximum absolute atomic E-state index is 11.3. The minimum Gasteiger partial charge on any atom is -0.481 e. The Labute approximate surface area is 111 Å². The molecule has 19 heavy (non-hydrogen) atoms. The van der Waals surface area contributed by atoms with Gasteiger partial charge in [-0.1, -0.05) is 0 Å². The van der Waals surface area contributed by atoms with Gasteiger partial charge in [0.2, 0.25) is 11.8 Å². The Hall–Kier alpha value is -2.12. The number of aliphatic carboxylic acids is 1. The largest absolute Gasteiger partial charge is 0.481 e. The SMILES string of the molecule is CCN(C)C(=O)CNC(=O)NC(=O)CCCC(=O)O. The highest BCUT2D eigenvalue weighted by atomic mass is 16.4. The van der Waals surface area contributed by atoms with Crippen LogP contribution < -0.4 is 10.6 Å². The second kappa shape index (κ2) is 8.90. The van der Waals surface area contributed by atoms with Crippen molar-refractivity contribution in [3.63, 3.8) is 0 Å². The molecule has 0 saturated carbocycles. The first-order valence-electron chi connectivity index (χ1n) is 5.90. The zero-order chi connectivity index (χ0) is 14.8. The molecule has 0 unspecified atom stereocenters. The van der Waals surface area contributed by atoms with Gasteiger partial charge >= 0.3 is 12.0 Å². The molecule has 0 aromatic rings. The Morgan fingerprint density at radius 1 is 1.16 bits per heavy atom. The van der Waals surface area contributed by atoms with Gasteiger partial charge in [0.25, 0.3) is 0 Å². The fourth-order valence-electron chi connectivity index (χ4n) is 1.10. The van der Waals surface area contributed by atoms with Gasteiger partial charge < -0.3 is 15.3 Å². The van der Waals surface area contributed by atoms with Crippen LogP contribution in [0.5, 0.6) is 0 Å². The molecule has 0 atom stereocenters. The van der Waals surface area contributed by atoms with Crippen LogP contribution >= 0.6 is 0 Å². The van der Waals surface area contributed by atoms with Crippen molar-refractivity contribution in [1.82, 2.24) is 15.5 Å². The fourth-order valence-corrected chi connectivity index (χ4v) is 1.10. The van der Waals surface area contributed by atoms with Crippen molar-refractivity contribution in [2.45, 2.75) is 26.2 Å². The van der Waals surface area contributed by atoms with E-state index in [1.807, 2.05) is 5.32 Å². The monoisotopic (exact) mass is 273 g/mol. The third-order valence-electron chi connectivity index (χ3n) is 2.35. The molecule has 0 aromatic carbocycles. The van der Waals surface area contributed by atoms with Crippen LogP contribution in [0.2, 0.25) is 0 Å². The number of nitrogens with one attached hydrogen (secondary N) is 2. The smallest absolute Gasteiger partial charge is 0.321 e. The average molecular weight is 273 g/mol. The Morgan fingerprint density at radius 3 is 2.32 bits per heavy atom. The summed E-state index contributed by atoms with van der Waals surface area (Å²) in [6.07, 6.45) is -0.0245. The second-order valence-electron chi connectivity index (χ2n) is 3.89. The summed E-state index contributed by atoms with van der Waals surface area (Å²) >= 11 is 0. The number of carboxylic acids is 1. The van der Waals surface area contributed by atoms with Crippen molar-refractivity contribution in [1.29, 1.82) is 0 Å². The lowest BCUT2D eigenvalue weighted by Gasteiger charge is -2.14. The number of rotatable bonds is 7. The standard InChI is InChI=1S/C11H19N3O5/c1-3-14(2)9(16)7-12-11(19)13-8(15)5-4-6-10(17)18/h3-7H2,1-2H3,(H,17,18)(H2,12,13,15,19). The summed E-state index contributed by atoms with van der Waals surface area (Å²) < 4.78 is 0. The predicted molar refractivity (Wildman–Crippen MR) is 66.3 cm³/mol. The highest BCUT2D eigenvalue weighted by Gasteiger charge is 2.11. The summed E-state index contributed by atoms with van der Waals surface area (Å²) in [6, 6.07) is -0.766. The number of carbonyl (C=O) groups excluding carboxylic acids is 3. The first-order chi connectivity index (χ1) is 8.86. The maximum Gasteiger partial charge on any atom is 0.321 e. The van der Waals surface area contributed by atoms with Gasteiger partial charge in [-0.15, -0.1) is 0 Å². The molecule has 0 bridgehead atoms. The number of hydrogen-bond donors (Lipinski definition) is 3. The molecule has 0 radical (unpaired) electrons. The molecule has 0 saturated heterocycles. The van der Waals surface area contributed by atoms with Crippen molar-refractivity contribution in [2.24, 2.45) is 0 Å². The maximum atomic E-state index is 11.3. The van der Waals surface area contributed by atoms with Gasteiger partial charge in [-0.05, 0) is 13.3 Å². The normalized spacial score (nSPS) is 9.58. The molecule has 0 aliphatic carbocycles. The van der Waals surface area contributed by atoms with Crippen molar-refractivity contribution in [3.05, 3.63) is 0 Å². The van der Waals surface area contributed by atoms with E-state index in [1.54, 1.807) is 14.0 Å². The molecule has 0 aliphatic heterocycles. The van der Waals surface area contributed by atoms with Crippen LogP contribution in [0.25, 0.3) is 0 Å². The van der Waals surface area contributed by atoms with Crippen molar-refractivity contribution in [2.75, 3.05) is 20.1 Å². The molecule has 0 fully saturated rings. The number of likely N-dealkylation sites (N-methyl/N-ethyl adjacent to an activating group) is 1. The van der Waals surface area contributed by atoms with Crippen molar-refractivity contribution >= 4 is 23.8 Å². The van der Waals surface area contributed by atoms with E-state index in [1.165, 1.54) is 4.90 Å². The summed E-state index contributed by atoms with van der Waals surface area (Å²) in [6.45, 7) is 2.12.